The van der Waals surface area contributed by atoms with E-state index < -0.39 is 64.8 Å². The first-order chi connectivity index (χ1) is 24.5. The molecule has 5 rings (SSSR count). The first-order valence-corrected chi connectivity index (χ1v) is 16.1. The number of hydrogen-bond donors (Lipinski definition) is 5. The molecule has 3 aromatic carbocycles. The third-order valence-electron chi connectivity index (χ3n) is 7.74. The van der Waals surface area contributed by atoms with Crippen LogP contribution in [0.4, 0.5) is 45.2 Å². The standard InChI is InChI=1S/C34H32ClF5N8O4/c1-32(2,17-42-27(50)28(51)44-24-5-3-4-23(36)25(24)37)16-41-26(49)19-6-12-22(13-7-19)43-29-45-30(47-31(46-29)52-18-34(38,39)40)48-33(14-15-33)20-8-10-21(35)11-9-20/h3-13H,14-18H2,1-2H3,(H,41,49)(H,42,50)(H,44,51)(H2,43,45,46,47,48). The Labute approximate surface area is 298 Å². The largest absolute Gasteiger partial charge is 0.454 e. The number of hydrogen-bond acceptors (Lipinski definition) is 9. The van der Waals surface area contributed by atoms with Gasteiger partial charge < -0.3 is 31.3 Å². The zero-order valence-electron chi connectivity index (χ0n) is 27.6. The number of rotatable bonds is 13. The van der Waals surface area contributed by atoms with E-state index in [2.05, 4.69) is 36.2 Å². The van der Waals surface area contributed by atoms with Gasteiger partial charge in [0.15, 0.2) is 18.2 Å². The Morgan fingerprint density at radius 1 is 0.846 bits per heavy atom. The lowest BCUT2D eigenvalue weighted by Gasteiger charge is -2.25. The Hall–Kier alpha value is -5.58. The third kappa shape index (κ3) is 10.2. The van der Waals surface area contributed by atoms with Gasteiger partial charge in [-0.2, -0.15) is 28.1 Å². The predicted molar refractivity (Wildman–Crippen MR) is 181 cm³/mol. The van der Waals surface area contributed by atoms with Gasteiger partial charge in [0.05, 0.1) is 11.2 Å². The number of aromatic nitrogens is 3. The van der Waals surface area contributed by atoms with E-state index in [1.165, 1.54) is 30.3 Å². The number of anilines is 4. The number of nitrogens with one attached hydrogen (secondary N) is 5. The highest BCUT2D eigenvalue weighted by molar-refractivity contribution is 6.39. The molecule has 1 fully saturated rings. The van der Waals surface area contributed by atoms with Crippen molar-refractivity contribution in [3.63, 3.8) is 0 Å². The van der Waals surface area contributed by atoms with Crippen LogP contribution < -0.4 is 31.3 Å². The molecule has 3 amide bonds. The number of carbonyl (C=O) groups is 3. The van der Waals surface area contributed by atoms with Crippen molar-refractivity contribution < 1.29 is 41.1 Å². The molecule has 0 saturated heterocycles. The first kappa shape index (κ1) is 37.7. The van der Waals surface area contributed by atoms with E-state index in [0.29, 0.717) is 23.6 Å². The van der Waals surface area contributed by atoms with Gasteiger partial charge in [0, 0.05) is 29.4 Å². The van der Waals surface area contributed by atoms with Gasteiger partial charge in [-0.3, -0.25) is 14.4 Å². The van der Waals surface area contributed by atoms with Gasteiger partial charge in [-0.15, -0.1) is 0 Å². The highest BCUT2D eigenvalue weighted by Crippen LogP contribution is 2.48. The number of halogens is 6. The summed E-state index contributed by atoms with van der Waals surface area (Å²) in [6.45, 7) is 1.85. The van der Waals surface area contributed by atoms with Crippen LogP contribution in [0.5, 0.6) is 6.01 Å². The molecule has 1 heterocycles. The van der Waals surface area contributed by atoms with Crippen molar-refractivity contribution in [3.05, 3.63) is 94.5 Å². The van der Waals surface area contributed by atoms with Gasteiger partial charge >= 0.3 is 24.0 Å². The van der Waals surface area contributed by atoms with Crippen molar-refractivity contribution in [1.82, 2.24) is 25.6 Å². The van der Waals surface area contributed by atoms with Crippen LogP contribution >= 0.6 is 11.6 Å². The van der Waals surface area contributed by atoms with Crippen molar-refractivity contribution in [2.45, 2.75) is 38.4 Å². The molecular weight excluding hydrogens is 715 g/mol. The second-order valence-electron chi connectivity index (χ2n) is 12.7. The fraction of sp³-hybridized carbons (Fsp3) is 0.294. The van der Waals surface area contributed by atoms with Crippen LogP contribution in [0.1, 0.15) is 42.6 Å². The molecule has 0 bridgehead atoms. The van der Waals surface area contributed by atoms with E-state index in [4.69, 9.17) is 16.3 Å². The fourth-order valence-electron chi connectivity index (χ4n) is 4.77. The monoisotopic (exact) mass is 746 g/mol. The number of benzene rings is 3. The number of amides is 3. The molecule has 18 heteroatoms. The lowest BCUT2D eigenvalue weighted by molar-refractivity contribution is -0.154. The Bertz CT molecular complexity index is 1940. The zero-order valence-corrected chi connectivity index (χ0v) is 28.4. The molecule has 0 atom stereocenters. The summed E-state index contributed by atoms with van der Waals surface area (Å²) >= 11 is 6.02. The van der Waals surface area contributed by atoms with Crippen LogP contribution in [0.2, 0.25) is 5.02 Å². The molecule has 0 unspecified atom stereocenters. The Morgan fingerprint density at radius 3 is 2.15 bits per heavy atom. The van der Waals surface area contributed by atoms with Crippen LogP contribution in [0.25, 0.3) is 0 Å². The third-order valence-corrected chi connectivity index (χ3v) is 7.99. The minimum atomic E-state index is -4.63. The number of carbonyl (C=O) groups excluding carboxylic acids is 3. The van der Waals surface area contributed by atoms with Crippen LogP contribution in [0.3, 0.4) is 0 Å². The number of ether oxygens (including phenoxy) is 1. The summed E-state index contributed by atoms with van der Waals surface area (Å²) in [6, 6.07) is 15.8. The summed E-state index contributed by atoms with van der Waals surface area (Å²) in [5, 5.41) is 13.8. The molecule has 0 radical (unpaired) electrons. The minimum Gasteiger partial charge on any atom is -0.454 e. The second kappa shape index (κ2) is 15.3. The lowest BCUT2D eigenvalue weighted by atomic mass is 9.93. The molecule has 12 nitrogen and oxygen atoms in total. The Morgan fingerprint density at radius 2 is 1.50 bits per heavy atom. The van der Waals surface area contributed by atoms with E-state index in [-0.39, 0.29) is 30.5 Å². The van der Waals surface area contributed by atoms with Crippen LogP contribution in [-0.4, -0.2) is 58.5 Å². The lowest BCUT2D eigenvalue weighted by Crippen LogP contribution is -2.45. The van der Waals surface area contributed by atoms with E-state index in [9.17, 15) is 36.3 Å². The van der Waals surface area contributed by atoms with Crippen LogP contribution in [0.15, 0.2) is 66.7 Å². The number of alkyl halides is 3. The summed E-state index contributed by atoms with van der Waals surface area (Å²) in [6.07, 6.45) is -3.19. The van der Waals surface area contributed by atoms with Crippen molar-refractivity contribution in [1.29, 1.82) is 0 Å². The van der Waals surface area contributed by atoms with Crippen molar-refractivity contribution in [2.75, 3.05) is 35.6 Å². The first-order valence-electron chi connectivity index (χ1n) is 15.7. The molecule has 52 heavy (non-hydrogen) atoms. The average Bonchev–Trinajstić information content (AvgIpc) is 3.87. The van der Waals surface area contributed by atoms with E-state index in [0.717, 1.165) is 17.7 Å². The molecule has 0 aliphatic heterocycles. The topological polar surface area (TPSA) is 159 Å². The van der Waals surface area contributed by atoms with Gasteiger partial charge in [0.25, 0.3) is 5.91 Å². The van der Waals surface area contributed by atoms with E-state index in [1.807, 2.05) is 17.4 Å². The Balaban J connectivity index is 1.17. The maximum Gasteiger partial charge on any atom is 0.422 e. The van der Waals surface area contributed by atoms with Crippen molar-refractivity contribution in [3.8, 4) is 6.01 Å². The molecule has 1 aliphatic carbocycles. The van der Waals surface area contributed by atoms with Gasteiger partial charge in [-0.05, 0) is 72.4 Å². The molecule has 1 saturated carbocycles. The molecule has 0 spiro atoms. The van der Waals surface area contributed by atoms with Gasteiger partial charge in [-0.25, -0.2) is 8.78 Å². The summed E-state index contributed by atoms with van der Waals surface area (Å²) < 4.78 is 70.8. The fourth-order valence-corrected chi connectivity index (χ4v) is 4.90. The zero-order chi connectivity index (χ0) is 37.7. The summed E-state index contributed by atoms with van der Waals surface area (Å²) in [5.74, 6) is -5.36. The van der Waals surface area contributed by atoms with Crippen LogP contribution in [-0.2, 0) is 15.1 Å². The summed E-state index contributed by atoms with van der Waals surface area (Å²) in [4.78, 5) is 49.6. The quantitative estimate of drug-likeness (QED) is 0.0805. The number of nitrogens with zero attached hydrogens (tertiary/aromatic N) is 3. The van der Waals surface area contributed by atoms with Gasteiger partial charge in [0.1, 0.15) is 0 Å². The molecule has 1 aliphatic rings. The molecule has 5 N–H and O–H groups in total. The van der Waals surface area contributed by atoms with Gasteiger partial charge in [0.2, 0.25) is 11.9 Å². The predicted octanol–water partition coefficient (Wildman–Crippen LogP) is 6.10. The molecule has 4 aromatic rings. The molecule has 274 valence electrons. The van der Waals surface area contributed by atoms with E-state index >= 15 is 0 Å². The second-order valence-corrected chi connectivity index (χ2v) is 13.1. The van der Waals surface area contributed by atoms with Gasteiger partial charge in [-0.1, -0.05) is 43.6 Å². The normalized spacial score (nSPS) is 13.5. The van der Waals surface area contributed by atoms with E-state index in [1.54, 1.807) is 26.0 Å². The van der Waals surface area contributed by atoms with Crippen LogP contribution in [0, 0.1) is 17.0 Å². The smallest absolute Gasteiger partial charge is 0.422 e. The SMILES string of the molecule is CC(C)(CNC(=O)C(=O)Nc1cccc(F)c1F)CNC(=O)c1ccc(Nc2nc(NC3(c4ccc(Cl)cc4)CC3)nc(OCC(F)(F)F)n2)cc1. The Kier molecular flexibility index (Phi) is 11.1. The minimum absolute atomic E-state index is 0.0157. The maximum absolute atomic E-state index is 13.8. The highest BCUT2D eigenvalue weighted by atomic mass is 35.5. The van der Waals surface area contributed by atoms with Crippen molar-refractivity contribution >= 4 is 52.6 Å². The molecule has 1 aromatic heterocycles. The maximum atomic E-state index is 13.8. The highest BCUT2D eigenvalue weighted by Gasteiger charge is 2.45. The average molecular weight is 747 g/mol. The summed E-state index contributed by atoms with van der Waals surface area (Å²) in [5.41, 5.74) is -0.213. The summed E-state index contributed by atoms with van der Waals surface area (Å²) in [7, 11) is 0. The molecular formula is C34H32ClF5N8O4. The van der Waals surface area contributed by atoms with Crippen molar-refractivity contribution in [2.24, 2.45) is 5.41 Å².